The van der Waals surface area contributed by atoms with E-state index in [4.69, 9.17) is 0 Å². The fourth-order valence-electron chi connectivity index (χ4n) is 0. The molecular formula is C4H8OP. The molecule has 0 aromatic heterocycles. The Balaban J connectivity index is 0. The number of hydrogen-bond donors (Lipinski definition) is 0. The van der Waals surface area contributed by atoms with E-state index in [1.165, 1.54) is 0 Å². The summed E-state index contributed by atoms with van der Waals surface area (Å²) < 4.78 is 0. The van der Waals surface area contributed by atoms with Crippen molar-refractivity contribution in [2.75, 3.05) is 0 Å². The summed E-state index contributed by atoms with van der Waals surface area (Å²) in [6.07, 6.45) is 0.667. The number of carbonyl (C=O) groups excluding carboxylic acids is 1. The first-order chi connectivity index (χ1) is 2.27. The number of rotatable bonds is 1. The Hall–Kier alpha value is 0.100. The molecule has 0 aliphatic heterocycles. The molecule has 0 amide bonds. The Labute approximate surface area is 41.7 Å². The minimum atomic E-state index is 0. The van der Waals surface area contributed by atoms with Gasteiger partial charge >= 0.3 is 0 Å². The standard InChI is InChI=1S/C4H8O.P/c1-3-4(2)5;/h3H2,1-2H3;. The summed E-state index contributed by atoms with van der Waals surface area (Å²) in [5, 5.41) is 0. The Kier molecular flexibility index (Phi) is 8.02. The topological polar surface area (TPSA) is 17.1 Å². The van der Waals surface area contributed by atoms with E-state index >= 15 is 0 Å². The number of ketones is 1. The predicted octanol–water partition coefficient (Wildman–Crippen LogP) is 1.85. The zero-order valence-corrected chi connectivity index (χ0v) is 4.96. The van der Waals surface area contributed by atoms with Crippen LogP contribution in [0.4, 0.5) is 0 Å². The van der Waals surface area contributed by atoms with Crippen LogP contribution in [0.3, 0.4) is 0 Å². The van der Waals surface area contributed by atoms with Crippen LogP contribution in [0, 0.1) is 0 Å². The van der Waals surface area contributed by atoms with E-state index in [0.29, 0.717) is 6.42 Å². The lowest BCUT2D eigenvalue weighted by atomic mass is 10.4. The van der Waals surface area contributed by atoms with Crippen LogP contribution in [0.15, 0.2) is 0 Å². The molecule has 0 saturated carbocycles. The predicted molar refractivity (Wildman–Crippen MR) is 27.9 cm³/mol. The second-order valence-corrected chi connectivity index (χ2v) is 1.06. The molecule has 1 nitrogen and oxygen atoms in total. The molecule has 0 fully saturated rings. The van der Waals surface area contributed by atoms with E-state index in [0.717, 1.165) is 0 Å². The first-order valence-corrected chi connectivity index (χ1v) is 1.76. The van der Waals surface area contributed by atoms with E-state index in [2.05, 4.69) is 0 Å². The first kappa shape index (κ1) is 9.44. The van der Waals surface area contributed by atoms with E-state index in [1.807, 2.05) is 6.92 Å². The van der Waals surface area contributed by atoms with Crippen LogP contribution in [0.25, 0.3) is 0 Å². The zero-order valence-electron chi connectivity index (χ0n) is 4.06. The summed E-state index contributed by atoms with van der Waals surface area (Å²) in [5.74, 6) is 0.255. The van der Waals surface area contributed by atoms with Crippen molar-refractivity contribution >= 4 is 15.7 Å². The third kappa shape index (κ3) is 8.93. The molecule has 0 bridgehead atoms. The molecule has 0 aliphatic rings. The molecule has 3 radical (unpaired) electrons. The van der Waals surface area contributed by atoms with Gasteiger partial charge in [-0.25, -0.2) is 0 Å². The van der Waals surface area contributed by atoms with Crippen molar-refractivity contribution in [3.63, 3.8) is 0 Å². The van der Waals surface area contributed by atoms with Gasteiger partial charge < -0.3 is 4.79 Å². The van der Waals surface area contributed by atoms with Gasteiger partial charge in [0, 0.05) is 16.3 Å². The molecule has 0 aromatic rings. The Morgan fingerprint density at radius 3 is 1.83 bits per heavy atom. The van der Waals surface area contributed by atoms with Gasteiger partial charge in [0.05, 0.1) is 0 Å². The monoisotopic (exact) mass is 103 g/mol. The SMILES string of the molecule is CCC(C)=O.[P]. The van der Waals surface area contributed by atoms with Crippen LogP contribution in [0.2, 0.25) is 0 Å². The van der Waals surface area contributed by atoms with Gasteiger partial charge in [-0.3, -0.25) is 0 Å². The second-order valence-electron chi connectivity index (χ2n) is 1.06. The average molecular weight is 103 g/mol. The highest BCUT2D eigenvalue weighted by Crippen LogP contribution is 1.71. The van der Waals surface area contributed by atoms with Crippen molar-refractivity contribution < 1.29 is 4.79 Å². The fraction of sp³-hybridized carbons (Fsp3) is 0.750. The third-order valence-electron chi connectivity index (χ3n) is 0.498. The Morgan fingerprint density at radius 2 is 1.83 bits per heavy atom. The van der Waals surface area contributed by atoms with Crippen LogP contribution in [-0.4, -0.2) is 5.78 Å². The summed E-state index contributed by atoms with van der Waals surface area (Å²) in [6, 6.07) is 0. The lowest BCUT2D eigenvalue weighted by molar-refractivity contribution is -0.116. The van der Waals surface area contributed by atoms with Crippen LogP contribution in [0.5, 0.6) is 0 Å². The van der Waals surface area contributed by atoms with Crippen molar-refractivity contribution in [3.05, 3.63) is 0 Å². The van der Waals surface area contributed by atoms with Crippen molar-refractivity contribution in [1.29, 1.82) is 0 Å². The lowest BCUT2D eigenvalue weighted by Gasteiger charge is -1.71. The van der Waals surface area contributed by atoms with Gasteiger partial charge in [-0.15, -0.1) is 0 Å². The maximum absolute atomic E-state index is 9.81. The van der Waals surface area contributed by atoms with Crippen LogP contribution in [0.1, 0.15) is 20.3 Å². The van der Waals surface area contributed by atoms with E-state index < -0.39 is 0 Å². The number of Topliss-reactive ketones (excluding diaryl/α,β-unsaturated/α-hetero) is 1. The largest absolute Gasteiger partial charge is 0.300 e. The molecule has 0 spiro atoms. The Bertz CT molecular complexity index is 42.8. The Morgan fingerprint density at radius 1 is 1.67 bits per heavy atom. The third-order valence-corrected chi connectivity index (χ3v) is 0.498. The summed E-state index contributed by atoms with van der Waals surface area (Å²) in [4.78, 5) is 9.81. The molecule has 0 aromatic carbocycles. The quantitative estimate of drug-likeness (QED) is 0.463. The number of hydrogen-bond acceptors (Lipinski definition) is 1. The average Bonchev–Trinajstić information content (AvgIpc) is 1.38. The van der Waals surface area contributed by atoms with E-state index in [-0.39, 0.29) is 15.7 Å². The maximum atomic E-state index is 9.81. The van der Waals surface area contributed by atoms with Crippen LogP contribution >= 0.6 is 9.90 Å². The summed E-state index contributed by atoms with van der Waals surface area (Å²) in [6.45, 7) is 3.43. The first-order valence-electron chi connectivity index (χ1n) is 1.76. The second kappa shape index (κ2) is 5.10. The molecule has 6 heavy (non-hydrogen) atoms. The molecule has 0 saturated heterocycles. The van der Waals surface area contributed by atoms with Crippen molar-refractivity contribution in [3.8, 4) is 0 Å². The van der Waals surface area contributed by atoms with Gasteiger partial charge in [0.25, 0.3) is 0 Å². The van der Waals surface area contributed by atoms with E-state index in [9.17, 15) is 4.79 Å². The summed E-state index contributed by atoms with van der Waals surface area (Å²) >= 11 is 0. The smallest absolute Gasteiger partial charge is 0.129 e. The van der Waals surface area contributed by atoms with Gasteiger partial charge in [-0.1, -0.05) is 6.92 Å². The minimum Gasteiger partial charge on any atom is -0.300 e. The highest BCUT2D eigenvalue weighted by Gasteiger charge is 1.76. The van der Waals surface area contributed by atoms with Crippen molar-refractivity contribution in [2.45, 2.75) is 20.3 Å². The number of carbonyl (C=O) groups is 1. The molecule has 0 unspecified atom stereocenters. The zero-order chi connectivity index (χ0) is 4.28. The normalized spacial score (nSPS) is 6.33. The van der Waals surface area contributed by atoms with Gasteiger partial charge in [0.15, 0.2) is 0 Å². The molecule has 0 rings (SSSR count). The lowest BCUT2D eigenvalue weighted by Crippen LogP contribution is -1.80. The maximum Gasteiger partial charge on any atom is 0.129 e. The fourth-order valence-corrected chi connectivity index (χ4v) is 0. The van der Waals surface area contributed by atoms with Gasteiger partial charge in [-0.2, -0.15) is 0 Å². The summed E-state index contributed by atoms with van der Waals surface area (Å²) in [5.41, 5.74) is 0. The van der Waals surface area contributed by atoms with Gasteiger partial charge in [0.2, 0.25) is 0 Å². The van der Waals surface area contributed by atoms with Crippen LogP contribution in [-0.2, 0) is 4.79 Å². The minimum absolute atomic E-state index is 0. The molecule has 2 heteroatoms. The van der Waals surface area contributed by atoms with Gasteiger partial charge in [0.1, 0.15) is 5.78 Å². The molecule has 0 N–H and O–H groups in total. The molecule has 35 valence electrons. The van der Waals surface area contributed by atoms with E-state index in [1.54, 1.807) is 6.92 Å². The van der Waals surface area contributed by atoms with Crippen LogP contribution < -0.4 is 0 Å². The molecule has 0 aliphatic carbocycles. The highest BCUT2D eigenvalue weighted by atomic mass is 31.0. The van der Waals surface area contributed by atoms with Gasteiger partial charge in [-0.05, 0) is 6.92 Å². The highest BCUT2D eigenvalue weighted by molar-refractivity contribution is 6.92. The van der Waals surface area contributed by atoms with Crippen molar-refractivity contribution in [2.24, 2.45) is 0 Å². The molecule has 0 atom stereocenters. The van der Waals surface area contributed by atoms with Crippen molar-refractivity contribution in [1.82, 2.24) is 0 Å². The molecule has 0 heterocycles. The summed E-state index contributed by atoms with van der Waals surface area (Å²) in [7, 11) is 0. The molecular weight excluding hydrogens is 95.0 g/mol.